The van der Waals surface area contributed by atoms with Crippen molar-refractivity contribution in [1.29, 1.82) is 0 Å². The molecule has 0 saturated heterocycles. The monoisotopic (exact) mass is 466 g/mol. The molecule has 0 bridgehead atoms. The van der Waals surface area contributed by atoms with Crippen LogP contribution in [0.1, 0.15) is 41.9 Å². The van der Waals surface area contributed by atoms with Crippen LogP contribution in [-0.4, -0.2) is 36.0 Å². The Labute approximate surface area is 191 Å². The average Bonchev–Trinajstić information content (AvgIpc) is 2.74. The van der Waals surface area contributed by atoms with Crippen molar-refractivity contribution in [2.45, 2.75) is 32.7 Å². The number of nitrogens with two attached hydrogens (primary N) is 1. The van der Waals surface area contributed by atoms with Crippen molar-refractivity contribution in [2.75, 3.05) is 25.3 Å². The number of hydrogen-bond acceptors (Lipinski definition) is 5. The van der Waals surface area contributed by atoms with Gasteiger partial charge in [-0.25, -0.2) is 9.37 Å². The average molecular weight is 467 g/mol. The number of ether oxygens (including phenoxy) is 1. The highest BCUT2D eigenvalue weighted by atomic mass is 35.5. The number of nitrogens with zero attached hydrogens (tertiary/aromatic N) is 2. The summed E-state index contributed by atoms with van der Waals surface area (Å²) in [5.41, 5.74) is 6.46. The number of thioether (sulfide) groups is 1. The first kappa shape index (κ1) is 25.1. The Hall–Kier alpha value is -2.16. The van der Waals surface area contributed by atoms with Crippen molar-refractivity contribution in [3.05, 3.63) is 58.1 Å². The number of halogens is 2. The summed E-state index contributed by atoms with van der Waals surface area (Å²) in [5.74, 6) is -0.891. The van der Waals surface area contributed by atoms with Crippen LogP contribution in [0.5, 0.6) is 0 Å². The number of aliphatic imine (C=N–C) groups is 1. The van der Waals surface area contributed by atoms with Crippen molar-refractivity contribution >= 4 is 40.1 Å². The van der Waals surface area contributed by atoms with Gasteiger partial charge in [-0.2, -0.15) is 0 Å². The van der Waals surface area contributed by atoms with E-state index in [1.54, 1.807) is 32.2 Å². The standard InChI is InChI=1S/C22H28ClFN4O2S/c1-13-10-16(27-20(29)18-7-6-15(23)12-26-18)11-17(19(13)24)22(3,28-21(25)31-5)14(2)8-9-30-4/h6-7,10-12,14H,8-9H2,1-5H3,(H2,25,28)(H,27,29)/t14-,22+/m1/s1. The van der Waals surface area contributed by atoms with Gasteiger partial charge in [0.25, 0.3) is 5.91 Å². The van der Waals surface area contributed by atoms with Crippen LogP contribution in [-0.2, 0) is 10.3 Å². The molecular formula is C22H28ClFN4O2S. The van der Waals surface area contributed by atoms with Gasteiger partial charge in [0.2, 0.25) is 0 Å². The van der Waals surface area contributed by atoms with Gasteiger partial charge in [-0.05, 0) is 62.3 Å². The van der Waals surface area contributed by atoms with Crippen molar-refractivity contribution in [3.8, 4) is 0 Å². The first-order valence-electron chi connectivity index (χ1n) is 9.74. The smallest absolute Gasteiger partial charge is 0.274 e. The van der Waals surface area contributed by atoms with Crippen LogP contribution < -0.4 is 11.1 Å². The number of methoxy groups -OCH3 is 1. The zero-order valence-electron chi connectivity index (χ0n) is 18.3. The summed E-state index contributed by atoms with van der Waals surface area (Å²) in [5, 5.41) is 3.57. The van der Waals surface area contributed by atoms with Crippen LogP contribution in [0.15, 0.2) is 35.5 Å². The Morgan fingerprint density at radius 3 is 2.74 bits per heavy atom. The van der Waals surface area contributed by atoms with E-state index in [2.05, 4.69) is 15.3 Å². The highest BCUT2D eigenvalue weighted by Crippen LogP contribution is 2.40. The number of aryl methyl sites for hydroxylation is 1. The summed E-state index contributed by atoms with van der Waals surface area (Å²) in [6.45, 7) is 5.98. The third kappa shape index (κ3) is 6.18. The minimum atomic E-state index is -0.959. The van der Waals surface area contributed by atoms with E-state index >= 15 is 4.39 Å². The largest absolute Gasteiger partial charge is 0.385 e. The van der Waals surface area contributed by atoms with Crippen molar-refractivity contribution in [3.63, 3.8) is 0 Å². The molecule has 1 aromatic carbocycles. The van der Waals surface area contributed by atoms with Gasteiger partial charge in [0.15, 0.2) is 5.17 Å². The lowest BCUT2D eigenvalue weighted by molar-refractivity contribution is 0.102. The van der Waals surface area contributed by atoms with Gasteiger partial charge in [-0.1, -0.05) is 30.3 Å². The Bertz CT molecular complexity index is 955. The molecule has 1 amide bonds. The van der Waals surface area contributed by atoms with Gasteiger partial charge in [0.1, 0.15) is 11.5 Å². The molecule has 0 aliphatic carbocycles. The van der Waals surface area contributed by atoms with E-state index in [0.717, 1.165) is 0 Å². The van der Waals surface area contributed by atoms with E-state index in [1.165, 1.54) is 24.0 Å². The summed E-state index contributed by atoms with van der Waals surface area (Å²) in [6, 6.07) is 6.29. The molecule has 168 valence electrons. The summed E-state index contributed by atoms with van der Waals surface area (Å²) in [6.07, 6.45) is 3.87. The highest BCUT2D eigenvalue weighted by molar-refractivity contribution is 8.13. The second kappa shape index (κ2) is 10.9. The van der Waals surface area contributed by atoms with Crippen LogP contribution in [0.4, 0.5) is 10.1 Å². The molecule has 1 heterocycles. The Morgan fingerprint density at radius 2 is 2.16 bits per heavy atom. The maximum atomic E-state index is 15.3. The number of benzene rings is 1. The molecule has 1 aromatic heterocycles. The summed E-state index contributed by atoms with van der Waals surface area (Å²) in [7, 11) is 1.62. The Kier molecular flexibility index (Phi) is 8.85. The third-order valence-corrected chi connectivity index (χ3v) is 6.02. The molecule has 0 aliphatic heterocycles. The van der Waals surface area contributed by atoms with Gasteiger partial charge in [-0.3, -0.25) is 9.79 Å². The van der Waals surface area contributed by atoms with Gasteiger partial charge >= 0.3 is 0 Å². The van der Waals surface area contributed by atoms with Crippen molar-refractivity contribution < 1.29 is 13.9 Å². The number of anilines is 1. The lowest BCUT2D eigenvalue weighted by Crippen LogP contribution is -2.33. The van der Waals surface area contributed by atoms with Gasteiger partial charge in [0, 0.05) is 31.2 Å². The molecule has 6 nitrogen and oxygen atoms in total. The topological polar surface area (TPSA) is 89.6 Å². The number of rotatable bonds is 8. The van der Waals surface area contributed by atoms with Crippen LogP contribution in [0, 0.1) is 18.7 Å². The second-order valence-electron chi connectivity index (χ2n) is 7.45. The number of hydrogen-bond donors (Lipinski definition) is 2. The molecule has 2 rings (SSSR count). The molecule has 2 aromatic rings. The lowest BCUT2D eigenvalue weighted by atomic mass is 9.78. The highest BCUT2D eigenvalue weighted by Gasteiger charge is 2.36. The molecule has 0 unspecified atom stereocenters. The summed E-state index contributed by atoms with van der Waals surface area (Å²) in [4.78, 5) is 21.3. The number of amidine groups is 1. The predicted octanol–water partition coefficient (Wildman–Crippen LogP) is 5.00. The fraction of sp³-hybridized carbons (Fsp3) is 0.409. The molecule has 0 radical (unpaired) electrons. The summed E-state index contributed by atoms with van der Waals surface area (Å²) < 4.78 is 20.5. The molecule has 31 heavy (non-hydrogen) atoms. The molecular weight excluding hydrogens is 439 g/mol. The maximum absolute atomic E-state index is 15.3. The van der Waals surface area contributed by atoms with Crippen LogP contribution >= 0.6 is 23.4 Å². The number of aromatic nitrogens is 1. The molecule has 3 N–H and O–H groups in total. The van der Waals surface area contributed by atoms with Crippen molar-refractivity contribution in [1.82, 2.24) is 4.98 Å². The van der Waals surface area contributed by atoms with Crippen LogP contribution in [0.3, 0.4) is 0 Å². The Balaban J connectivity index is 2.50. The SMILES string of the molecule is COCC[C@@H](C)[C@](C)(/N=C(/N)SC)c1cc(NC(=O)c2ccc(Cl)cn2)cc(C)c1F. The van der Waals surface area contributed by atoms with Crippen LogP contribution in [0.2, 0.25) is 5.02 Å². The zero-order chi connectivity index (χ0) is 23.2. The van der Waals surface area contributed by atoms with Gasteiger partial charge in [-0.15, -0.1) is 0 Å². The minimum Gasteiger partial charge on any atom is -0.385 e. The number of pyridine rings is 1. The summed E-state index contributed by atoms with van der Waals surface area (Å²) >= 11 is 7.13. The fourth-order valence-corrected chi connectivity index (χ4v) is 3.59. The number of carbonyl (C=O) groups excluding carboxylic acids is 1. The van der Waals surface area contributed by atoms with Gasteiger partial charge < -0.3 is 15.8 Å². The van der Waals surface area contributed by atoms with E-state index in [9.17, 15) is 4.79 Å². The van der Waals surface area contributed by atoms with E-state index in [-0.39, 0.29) is 17.4 Å². The lowest BCUT2D eigenvalue weighted by Gasteiger charge is -2.34. The van der Waals surface area contributed by atoms with E-state index in [1.807, 2.05) is 20.1 Å². The fourth-order valence-electron chi connectivity index (χ4n) is 3.20. The number of carbonyl (C=O) groups is 1. The second-order valence-corrected chi connectivity index (χ2v) is 8.72. The first-order valence-corrected chi connectivity index (χ1v) is 11.3. The van der Waals surface area contributed by atoms with E-state index < -0.39 is 11.4 Å². The predicted molar refractivity (Wildman–Crippen MR) is 126 cm³/mol. The number of amides is 1. The van der Waals surface area contributed by atoms with Gasteiger partial charge in [0.05, 0.1) is 10.6 Å². The maximum Gasteiger partial charge on any atom is 0.274 e. The van der Waals surface area contributed by atoms with E-state index in [0.29, 0.717) is 40.0 Å². The Morgan fingerprint density at radius 1 is 1.45 bits per heavy atom. The quantitative estimate of drug-likeness (QED) is 0.422. The first-order chi connectivity index (χ1) is 14.6. The molecule has 9 heteroatoms. The third-order valence-electron chi connectivity index (χ3n) is 5.28. The van der Waals surface area contributed by atoms with E-state index in [4.69, 9.17) is 22.1 Å². The zero-order valence-corrected chi connectivity index (χ0v) is 19.9. The minimum absolute atomic E-state index is 0.0871. The molecule has 2 atom stereocenters. The van der Waals surface area contributed by atoms with Crippen molar-refractivity contribution in [2.24, 2.45) is 16.6 Å². The molecule has 0 fully saturated rings. The molecule has 0 spiro atoms. The normalized spacial score (nSPS) is 14.7. The number of nitrogens with one attached hydrogen (secondary N) is 1. The van der Waals surface area contributed by atoms with Crippen LogP contribution in [0.25, 0.3) is 0 Å². The molecule has 0 aliphatic rings. The molecule has 0 saturated carbocycles.